The maximum absolute atomic E-state index is 12.7. The fourth-order valence-electron chi connectivity index (χ4n) is 3.80. The Balaban J connectivity index is 1.87. The molecule has 2 aliphatic rings. The Morgan fingerprint density at radius 2 is 1.90 bits per heavy atom. The summed E-state index contributed by atoms with van der Waals surface area (Å²) in [6, 6.07) is 7.53. The number of Topliss-reactive ketones (excluding diaryl/α,β-unsaturated/α-hetero) is 1. The third kappa shape index (κ3) is 1.74. The van der Waals surface area contributed by atoms with Crippen molar-refractivity contribution in [1.82, 2.24) is 0 Å². The number of benzene rings is 1. The van der Waals surface area contributed by atoms with E-state index in [0.717, 1.165) is 24.1 Å². The second kappa shape index (κ2) is 4.36. The molecule has 0 amide bonds. The van der Waals surface area contributed by atoms with Crippen molar-refractivity contribution in [3.05, 3.63) is 41.1 Å². The first-order chi connectivity index (χ1) is 9.36. The highest BCUT2D eigenvalue weighted by Crippen LogP contribution is 2.65. The van der Waals surface area contributed by atoms with Crippen LogP contribution in [0, 0.1) is 16.7 Å². The number of nitrogens with one attached hydrogen (secondary N) is 1. The lowest BCUT2D eigenvalue weighted by molar-refractivity contribution is -0.125. The van der Waals surface area contributed by atoms with Crippen LogP contribution in [-0.4, -0.2) is 5.78 Å². The minimum absolute atomic E-state index is 0.0671. The predicted molar refractivity (Wildman–Crippen MR) is 82.8 cm³/mol. The maximum atomic E-state index is 12.7. The van der Waals surface area contributed by atoms with Gasteiger partial charge in [-0.25, -0.2) is 0 Å². The molecule has 2 fully saturated rings. The van der Waals surface area contributed by atoms with Crippen LogP contribution in [0.5, 0.6) is 0 Å². The summed E-state index contributed by atoms with van der Waals surface area (Å²) in [6.07, 6.45) is 4.04. The minimum Gasteiger partial charge on any atom is -0.361 e. The molecule has 0 radical (unpaired) electrons. The molecule has 2 bridgehead atoms. The molecule has 2 saturated carbocycles. The zero-order chi connectivity index (χ0) is 14.5. The van der Waals surface area contributed by atoms with Gasteiger partial charge in [-0.1, -0.05) is 32.4 Å². The highest BCUT2D eigenvalue weighted by atomic mass is 35.5. The first kappa shape index (κ1) is 13.7. The summed E-state index contributed by atoms with van der Waals surface area (Å²) in [7, 11) is 0. The molecule has 2 atom stereocenters. The van der Waals surface area contributed by atoms with E-state index in [0.29, 0.717) is 16.7 Å². The molecule has 0 saturated heterocycles. The molecule has 0 aromatic heterocycles. The largest absolute Gasteiger partial charge is 0.361 e. The van der Waals surface area contributed by atoms with E-state index in [9.17, 15) is 4.79 Å². The van der Waals surface area contributed by atoms with Crippen LogP contribution in [0.15, 0.2) is 36.0 Å². The van der Waals surface area contributed by atoms with Gasteiger partial charge in [-0.05, 0) is 48.4 Å². The quantitative estimate of drug-likeness (QED) is 0.802. The van der Waals surface area contributed by atoms with Crippen LogP contribution >= 0.6 is 11.6 Å². The molecule has 1 N–H and O–H groups in total. The van der Waals surface area contributed by atoms with Gasteiger partial charge in [-0.3, -0.25) is 4.79 Å². The van der Waals surface area contributed by atoms with Gasteiger partial charge in [0.05, 0.1) is 0 Å². The van der Waals surface area contributed by atoms with Crippen LogP contribution in [0.1, 0.15) is 33.6 Å². The fraction of sp³-hybridized carbons (Fsp3) is 0.471. The lowest BCUT2D eigenvalue weighted by Gasteiger charge is -2.31. The third-order valence-corrected chi connectivity index (χ3v) is 5.86. The van der Waals surface area contributed by atoms with Crippen molar-refractivity contribution < 1.29 is 4.79 Å². The maximum Gasteiger partial charge on any atom is 0.167 e. The van der Waals surface area contributed by atoms with Crippen LogP contribution < -0.4 is 5.32 Å². The Bertz CT molecular complexity index is 588. The van der Waals surface area contributed by atoms with Gasteiger partial charge < -0.3 is 5.32 Å². The molecular weight excluding hydrogens is 270 g/mol. The van der Waals surface area contributed by atoms with Crippen molar-refractivity contribution in [3.63, 3.8) is 0 Å². The van der Waals surface area contributed by atoms with Crippen molar-refractivity contribution in [2.75, 3.05) is 5.32 Å². The number of ketones is 1. The Kier molecular flexibility index (Phi) is 2.98. The van der Waals surface area contributed by atoms with Crippen molar-refractivity contribution in [2.24, 2.45) is 16.7 Å². The van der Waals surface area contributed by atoms with Gasteiger partial charge >= 0.3 is 0 Å². The van der Waals surface area contributed by atoms with Crippen LogP contribution in [0.4, 0.5) is 5.69 Å². The molecule has 1 aromatic carbocycles. The standard InChI is InChI=1S/C17H20ClNO/c1-16(2)14-8-9-17(16,3)15(20)13(14)10-19-12-6-4-11(18)5-7-12/h4-7,10,14,19H,8-9H2,1-3H3/t14-,17-/m0/s1. The molecular formula is C17H20ClNO. The van der Waals surface area contributed by atoms with Gasteiger partial charge in [-0.2, -0.15) is 0 Å². The van der Waals surface area contributed by atoms with Crippen LogP contribution in [0.25, 0.3) is 0 Å². The number of allylic oxidation sites excluding steroid dienone is 1. The highest BCUT2D eigenvalue weighted by molar-refractivity contribution is 6.30. The lowest BCUT2D eigenvalue weighted by Crippen LogP contribution is -2.32. The first-order valence-electron chi connectivity index (χ1n) is 7.13. The highest BCUT2D eigenvalue weighted by Gasteiger charge is 2.63. The summed E-state index contributed by atoms with van der Waals surface area (Å²) < 4.78 is 0. The number of hydrogen-bond donors (Lipinski definition) is 1. The molecule has 0 aliphatic heterocycles. The average molecular weight is 290 g/mol. The summed E-state index contributed by atoms with van der Waals surface area (Å²) in [5.41, 5.74) is 1.79. The van der Waals surface area contributed by atoms with Gasteiger partial charge in [0, 0.05) is 27.9 Å². The van der Waals surface area contributed by atoms with Crippen molar-refractivity contribution in [1.29, 1.82) is 0 Å². The Morgan fingerprint density at radius 1 is 1.25 bits per heavy atom. The van der Waals surface area contributed by atoms with E-state index in [4.69, 9.17) is 11.6 Å². The lowest BCUT2D eigenvalue weighted by atomic mass is 9.70. The van der Waals surface area contributed by atoms with E-state index in [2.05, 4.69) is 26.1 Å². The smallest absolute Gasteiger partial charge is 0.167 e. The van der Waals surface area contributed by atoms with Crippen molar-refractivity contribution >= 4 is 23.1 Å². The van der Waals surface area contributed by atoms with Crippen LogP contribution in [0.3, 0.4) is 0 Å². The topological polar surface area (TPSA) is 29.1 Å². The summed E-state index contributed by atoms with van der Waals surface area (Å²) in [4.78, 5) is 12.7. The minimum atomic E-state index is -0.189. The molecule has 20 heavy (non-hydrogen) atoms. The van der Waals surface area contributed by atoms with Gasteiger partial charge in [0.2, 0.25) is 0 Å². The van der Waals surface area contributed by atoms with Gasteiger partial charge in [-0.15, -0.1) is 0 Å². The summed E-state index contributed by atoms with van der Waals surface area (Å²) in [5.74, 6) is 0.694. The molecule has 1 aromatic rings. The van der Waals surface area contributed by atoms with E-state index in [1.54, 1.807) is 0 Å². The first-order valence-corrected chi connectivity index (χ1v) is 7.51. The second-order valence-corrected chi connectivity index (χ2v) is 7.16. The SMILES string of the molecule is CC1(C)[C@H]2CC[C@@]1(C)C(=O)C2=CNc1ccc(Cl)cc1. The number of carbonyl (C=O) groups excluding carboxylic acids is 1. The molecule has 2 aliphatic carbocycles. The van der Waals surface area contributed by atoms with Crippen molar-refractivity contribution in [2.45, 2.75) is 33.6 Å². The molecule has 0 spiro atoms. The molecule has 106 valence electrons. The number of fused-ring (bicyclic) bond motifs is 2. The van der Waals surface area contributed by atoms with E-state index in [1.807, 2.05) is 30.5 Å². The van der Waals surface area contributed by atoms with E-state index < -0.39 is 0 Å². The Morgan fingerprint density at radius 3 is 2.45 bits per heavy atom. The predicted octanol–water partition coefficient (Wildman–Crippen LogP) is 4.66. The summed E-state index contributed by atoms with van der Waals surface area (Å²) >= 11 is 5.87. The molecule has 3 heteroatoms. The number of halogens is 1. The van der Waals surface area contributed by atoms with Crippen LogP contribution in [-0.2, 0) is 4.79 Å². The molecule has 2 nitrogen and oxygen atoms in total. The molecule has 0 heterocycles. The van der Waals surface area contributed by atoms with E-state index in [1.165, 1.54) is 0 Å². The monoisotopic (exact) mass is 289 g/mol. The Labute approximate surface area is 125 Å². The van der Waals surface area contributed by atoms with Gasteiger partial charge in [0.1, 0.15) is 0 Å². The summed E-state index contributed by atoms with van der Waals surface area (Å²) in [5, 5.41) is 3.96. The average Bonchev–Trinajstić information content (AvgIpc) is 2.71. The number of carbonyl (C=O) groups is 1. The normalized spacial score (nSPS) is 32.9. The number of hydrogen-bond acceptors (Lipinski definition) is 2. The molecule has 3 rings (SSSR count). The fourth-order valence-corrected chi connectivity index (χ4v) is 3.93. The molecule has 0 unspecified atom stereocenters. The summed E-state index contributed by atoms with van der Waals surface area (Å²) in [6.45, 7) is 6.58. The van der Waals surface area contributed by atoms with Crippen LogP contribution in [0.2, 0.25) is 5.02 Å². The van der Waals surface area contributed by atoms with E-state index >= 15 is 0 Å². The van der Waals surface area contributed by atoms with Crippen molar-refractivity contribution in [3.8, 4) is 0 Å². The zero-order valence-electron chi connectivity index (χ0n) is 12.2. The Hall–Kier alpha value is -1.28. The zero-order valence-corrected chi connectivity index (χ0v) is 12.9. The van der Waals surface area contributed by atoms with Gasteiger partial charge in [0.25, 0.3) is 0 Å². The second-order valence-electron chi connectivity index (χ2n) is 6.73. The van der Waals surface area contributed by atoms with E-state index in [-0.39, 0.29) is 10.8 Å². The third-order valence-electron chi connectivity index (χ3n) is 5.60. The number of rotatable bonds is 2. The van der Waals surface area contributed by atoms with Gasteiger partial charge in [0.15, 0.2) is 5.78 Å². The number of anilines is 1.